The smallest absolute Gasteiger partial charge is 0.319 e. The average molecular weight is 113 g/mol. The van der Waals surface area contributed by atoms with Crippen LogP contribution >= 0.6 is 0 Å². The van der Waals surface area contributed by atoms with Gasteiger partial charge in [0.25, 0.3) is 0 Å². The molecule has 1 fully saturated rings. The quantitative estimate of drug-likeness (QED) is 0.378. The minimum Gasteiger partial charge on any atom is -0.319 e. The number of quaternary nitrogens is 1. The maximum atomic E-state index is 10.4. The zero-order valence-corrected chi connectivity index (χ0v) is 4.63. The first kappa shape index (κ1) is 5.31. The maximum Gasteiger partial charge on any atom is 0.418 e. The normalized spacial score (nSPS) is 22.0. The van der Waals surface area contributed by atoms with Crippen LogP contribution in [0.15, 0.2) is 12.8 Å². The molecule has 0 radical (unpaired) electrons. The van der Waals surface area contributed by atoms with Gasteiger partial charge in [0.2, 0.25) is 0 Å². The number of hydrogen-bond donors (Lipinski definition) is 1. The molecule has 1 aliphatic heterocycles. The molecular formula is C5H9N2O+. The van der Waals surface area contributed by atoms with E-state index in [1.54, 1.807) is 6.20 Å². The Labute approximate surface area is 48.0 Å². The molecule has 1 rings (SSSR count). The van der Waals surface area contributed by atoms with Crippen LogP contribution in [0.2, 0.25) is 0 Å². The molecule has 0 aromatic heterocycles. The molecule has 1 aliphatic rings. The Kier molecular flexibility index (Phi) is 0.877. The van der Waals surface area contributed by atoms with Crippen molar-refractivity contribution >= 4 is 6.03 Å². The third-order valence-corrected chi connectivity index (χ3v) is 1.49. The molecule has 2 N–H and O–H groups in total. The van der Waals surface area contributed by atoms with E-state index in [4.69, 9.17) is 5.73 Å². The van der Waals surface area contributed by atoms with Crippen molar-refractivity contribution in [2.24, 2.45) is 5.73 Å². The Hall–Kier alpha value is -0.830. The third kappa shape index (κ3) is 0.518. The lowest BCUT2D eigenvalue weighted by molar-refractivity contribution is -0.648. The second-order valence-electron chi connectivity index (χ2n) is 2.00. The minimum atomic E-state index is -0.292. The predicted octanol–water partition coefficient (Wildman–Crippen LogP) is 0.0390. The van der Waals surface area contributed by atoms with Gasteiger partial charge in [0.05, 0.1) is 6.20 Å². The lowest BCUT2D eigenvalue weighted by Gasteiger charge is -2.01. The largest absolute Gasteiger partial charge is 0.418 e. The highest BCUT2D eigenvalue weighted by atomic mass is 16.2. The number of primary amides is 1. The highest BCUT2D eigenvalue weighted by molar-refractivity contribution is 5.66. The van der Waals surface area contributed by atoms with Gasteiger partial charge in [0.1, 0.15) is 13.1 Å². The van der Waals surface area contributed by atoms with Crippen LogP contribution in [0, 0.1) is 0 Å². The van der Waals surface area contributed by atoms with Crippen LogP contribution in [-0.2, 0) is 0 Å². The molecule has 1 heterocycles. The second kappa shape index (κ2) is 1.32. The van der Waals surface area contributed by atoms with Crippen LogP contribution in [0.3, 0.4) is 0 Å². The summed E-state index contributed by atoms with van der Waals surface area (Å²) in [5.74, 6) is 0. The summed E-state index contributed by atoms with van der Waals surface area (Å²) >= 11 is 0. The first-order chi connectivity index (χ1) is 3.71. The molecule has 0 saturated carbocycles. The van der Waals surface area contributed by atoms with Gasteiger partial charge in [-0.15, -0.1) is 0 Å². The van der Waals surface area contributed by atoms with E-state index in [0.29, 0.717) is 0 Å². The van der Waals surface area contributed by atoms with Crippen molar-refractivity contribution in [3.63, 3.8) is 0 Å². The van der Waals surface area contributed by atoms with E-state index in [9.17, 15) is 4.79 Å². The fourth-order valence-electron chi connectivity index (χ4n) is 0.601. The van der Waals surface area contributed by atoms with Crippen molar-refractivity contribution in [2.45, 2.75) is 0 Å². The van der Waals surface area contributed by atoms with Crippen molar-refractivity contribution in [2.75, 3.05) is 13.1 Å². The Bertz CT molecular complexity index is 137. The van der Waals surface area contributed by atoms with Gasteiger partial charge in [0, 0.05) is 0 Å². The van der Waals surface area contributed by atoms with Crippen molar-refractivity contribution in [3.8, 4) is 0 Å². The summed E-state index contributed by atoms with van der Waals surface area (Å²) in [5, 5.41) is 0. The number of carbonyl (C=O) groups excluding carboxylic acids is 1. The number of urea groups is 1. The summed E-state index contributed by atoms with van der Waals surface area (Å²) in [4.78, 5) is 10.4. The first-order valence-corrected chi connectivity index (χ1v) is 2.52. The van der Waals surface area contributed by atoms with Gasteiger partial charge in [-0.1, -0.05) is 0 Å². The topological polar surface area (TPSA) is 43.1 Å². The molecule has 0 atom stereocenters. The maximum absolute atomic E-state index is 10.4. The van der Waals surface area contributed by atoms with E-state index in [1.165, 1.54) is 0 Å². The lowest BCUT2D eigenvalue weighted by Crippen LogP contribution is -2.32. The second-order valence-corrected chi connectivity index (χ2v) is 2.00. The van der Waals surface area contributed by atoms with E-state index < -0.39 is 0 Å². The lowest BCUT2D eigenvalue weighted by atomic mass is 10.8. The van der Waals surface area contributed by atoms with Crippen LogP contribution in [0.4, 0.5) is 4.79 Å². The summed E-state index contributed by atoms with van der Waals surface area (Å²) in [6.45, 7) is 5.15. The summed E-state index contributed by atoms with van der Waals surface area (Å²) in [6.07, 6.45) is 1.59. The monoisotopic (exact) mass is 113 g/mol. The Morgan fingerprint density at radius 1 is 1.75 bits per heavy atom. The molecule has 0 aromatic rings. The average Bonchev–Trinajstić information content (AvgIpc) is 2.44. The fourth-order valence-corrected chi connectivity index (χ4v) is 0.601. The van der Waals surface area contributed by atoms with Crippen molar-refractivity contribution < 1.29 is 9.28 Å². The fraction of sp³-hybridized carbons (Fsp3) is 0.400. The molecule has 0 unspecified atom stereocenters. The number of nitrogens with two attached hydrogens (primary N) is 1. The van der Waals surface area contributed by atoms with E-state index in [0.717, 1.165) is 13.1 Å². The molecule has 44 valence electrons. The molecule has 0 spiro atoms. The Morgan fingerprint density at radius 2 is 2.25 bits per heavy atom. The number of nitrogens with zero attached hydrogens (tertiary/aromatic N) is 1. The standard InChI is InChI=1S/C5H8N2O/c1-2-7(3-4-7)5(6)8/h2H,1,3-4H2,(H-,6,8)/p+1. The third-order valence-electron chi connectivity index (χ3n) is 1.49. The number of carbonyl (C=O) groups is 1. The highest BCUT2D eigenvalue weighted by Crippen LogP contribution is 2.19. The van der Waals surface area contributed by atoms with E-state index in [-0.39, 0.29) is 10.5 Å². The van der Waals surface area contributed by atoms with Crippen LogP contribution in [0.1, 0.15) is 0 Å². The SMILES string of the molecule is C=C[N+]1(C(N)=O)CC1. The molecule has 2 amide bonds. The minimum absolute atomic E-state index is 0.278. The van der Waals surface area contributed by atoms with Gasteiger partial charge in [-0.25, -0.2) is 9.28 Å². The van der Waals surface area contributed by atoms with Gasteiger partial charge in [-0.3, -0.25) is 0 Å². The van der Waals surface area contributed by atoms with E-state index in [1.807, 2.05) is 0 Å². The van der Waals surface area contributed by atoms with Gasteiger partial charge in [0.15, 0.2) is 0 Å². The first-order valence-electron chi connectivity index (χ1n) is 2.52. The summed E-state index contributed by atoms with van der Waals surface area (Å²) in [7, 11) is 0. The number of amides is 2. The number of rotatable bonds is 1. The van der Waals surface area contributed by atoms with Gasteiger partial charge >= 0.3 is 6.03 Å². The van der Waals surface area contributed by atoms with Crippen LogP contribution in [0.5, 0.6) is 0 Å². The van der Waals surface area contributed by atoms with Gasteiger partial charge < -0.3 is 5.73 Å². The van der Waals surface area contributed by atoms with Crippen molar-refractivity contribution in [3.05, 3.63) is 12.8 Å². The molecule has 8 heavy (non-hydrogen) atoms. The molecule has 0 bridgehead atoms. The van der Waals surface area contributed by atoms with Crippen molar-refractivity contribution in [1.29, 1.82) is 0 Å². The molecule has 0 aromatic carbocycles. The zero-order valence-electron chi connectivity index (χ0n) is 4.63. The van der Waals surface area contributed by atoms with E-state index >= 15 is 0 Å². The molecule has 3 nitrogen and oxygen atoms in total. The van der Waals surface area contributed by atoms with Crippen molar-refractivity contribution in [1.82, 2.24) is 0 Å². The predicted molar refractivity (Wildman–Crippen MR) is 29.8 cm³/mol. The summed E-state index contributed by atoms with van der Waals surface area (Å²) in [6, 6.07) is -0.292. The Balaban J connectivity index is 2.66. The molecule has 0 aliphatic carbocycles. The summed E-state index contributed by atoms with van der Waals surface area (Å²) < 4.78 is 0.278. The van der Waals surface area contributed by atoms with Crippen LogP contribution in [0.25, 0.3) is 0 Å². The zero-order chi connectivity index (χ0) is 6.20. The molecule has 1 saturated heterocycles. The number of hydrogen-bond acceptors (Lipinski definition) is 1. The molecular weight excluding hydrogens is 104 g/mol. The highest BCUT2D eigenvalue weighted by Gasteiger charge is 2.46. The molecule has 3 heteroatoms. The van der Waals surface area contributed by atoms with Crippen LogP contribution in [-0.4, -0.2) is 23.6 Å². The van der Waals surface area contributed by atoms with Gasteiger partial charge in [-0.2, -0.15) is 0 Å². The Morgan fingerprint density at radius 3 is 2.25 bits per heavy atom. The van der Waals surface area contributed by atoms with E-state index in [2.05, 4.69) is 6.58 Å². The van der Waals surface area contributed by atoms with Gasteiger partial charge in [-0.05, 0) is 6.58 Å². The van der Waals surface area contributed by atoms with Crippen LogP contribution < -0.4 is 5.73 Å². The summed E-state index contributed by atoms with van der Waals surface area (Å²) in [5.41, 5.74) is 5.01.